The van der Waals surface area contributed by atoms with Crippen LogP contribution in [0, 0.1) is 0 Å². The molecule has 2 aromatic rings. The van der Waals surface area contributed by atoms with Gasteiger partial charge in [0.1, 0.15) is 0 Å². The van der Waals surface area contributed by atoms with E-state index in [1.165, 1.54) is 13.1 Å². The minimum Gasteiger partial charge on any atom is -0.261 e. The highest BCUT2D eigenvalue weighted by atomic mass is 32.2. The van der Waals surface area contributed by atoms with Gasteiger partial charge in [-0.15, -0.1) is 0 Å². The highest BCUT2D eigenvalue weighted by Gasteiger charge is 2.37. The van der Waals surface area contributed by atoms with Crippen molar-refractivity contribution >= 4 is 10.0 Å². The van der Waals surface area contributed by atoms with Crippen molar-refractivity contribution in [1.29, 1.82) is 0 Å². The number of likely N-dealkylation sites (N-methyl/N-ethyl adjacent to an activating group) is 1. The summed E-state index contributed by atoms with van der Waals surface area (Å²) in [5.74, 6) is 0. The molecule has 0 saturated heterocycles. The Kier molecular flexibility index (Phi) is 5.06. The zero-order valence-electron chi connectivity index (χ0n) is 12.3. The molecule has 1 heterocycles. The standard InChI is InChI=1S/C15H15F3N2O2S/c1-20(11-9-12-6-4-5-10-19-12)23(21,22)14-8-3-2-7-13(14)15(16,17)18/h2-8,10H,9,11H2,1H3. The zero-order chi connectivity index (χ0) is 17.1. The molecule has 0 aliphatic rings. The molecule has 2 rings (SSSR count). The van der Waals surface area contributed by atoms with Gasteiger partial charge < -0.3 is 0 Å². The number of pyridine rings is 1. The van der Waals surface area contributed by atoms with Gasteiger partial charge >= 0.3 is 6.18 Å². The molecule has 0 unspecified atom stereocenters. The van der Waals surface area contributed by atoms with Gasteiger partial charge in [-0.3, -0.25) is 4.98 Å². The van der Waals surface area contributed by atoms with Crippen LogP contribution in [-0.4, -0.2) is 31.3 Å². The molecule has 23 heavy (non-hydrogen) atoms. The summed E-state index contributed by atoms with van der Waals surface area (Å²) in [5.41, 5.74) is -0.497. The topological polar surface area (TPSA) is 50.3 Å². The predicted octanol–water partition coefficient (Wildman–Crippen LogP) is 2.96. The van der Waals surface area contributed by atoms with Crippen LogP contribution in [0.3, 0.4) is 0 Å². The van der Waals surface area contributed by atoms with Crippen LogP contribution in [0.25, 0.3) is 0 Å². The van der Waals surface area contributed by atoms with Crippen LogP contribution in [0.1, 0.15) is 11.3 Å². The minimum atomic E-state index is -4.73. The van der Waals surface area contributed by atoms with E-state index < -0.39 is 26.7 Å². The molecule has 0 spiro atoms. The van der Waals surface area contributed by atoms with Gasteiger partial charge in [0.25, 0.3) is 0 Å². The van der Waals surface area contributed by atoms with Crippen molar-refractivity contribution in [3.63, 3.8) is 0 Å². The smallest absolute Gasteiger partial charge is 0.261 e. The second kappa shape index (κ2) is 6.67. The normalized spacial score (nSPS) is 12.6. The van der Waals surface area contributed by atoms with Gasteiger partial charge in [0.05, 0.1) is 10.5 Å². The molecule has 0 aliphatic heterocycles. The van der Waals surface area contributed by atoms with E-state index in [-0.39, 0.29) is 6.54 Å². The maximum absolute atomic E-state index is 13.0. The van der Waals surface area contributed by atoms with Gasteiger partial charge in [-0.25, -0.2) is 12.7 Å². The molecule has 0 bridgehead atoms. The Balaban J connectivity index is 2.25. The molecular weight excluding hydrogens is 329 g/mol. The molecule has 0 N–H and O–H groups in total. The third-order valence-electron chi connectivity index (χ3n) is 3.29. The molecule has 124 valence electrons. The van der Waals surface area contributed by atoms with Crippen LogP contribution in [-0.2, 0) is 22.6 Å². The Morgan fingerprint density at radius 3 is 2.35 bits per heavy atom. The molecule has 1 aromatic carbocycles. The van der Waals surface area contributed by atoms with E-state index in [0.717, 1.165) is 22.5 Å². The fraction of sp³-hybridized carbons (Fsp3) is 0.267. The van der Waals surface area contributed by atoms with Gasteiger partial charge in [-0.1, -0.05) is 18.2 Å². The van der Waals surface area contributed by atoms with Crippen LogP contribution >= 0.6 is 0 Å². The number of nitrogens with zero attached hydrogens (tertiary/aromatic N) is 2. The van der Waals surface area contributed by atoms with Crippen molar-refractivity contribution in [2.45, 2.75) is 17.5 Å². The van der Waals surface area contributed by atoms with Crippen molar-refractivity contribution in [2.24, 2.45) is 0 Å². The number of hydrogen-bond donors (Lipinski definition) is 0. The van der Waals surface area contributed by atoms with Crippen LogP contribution in [0.5, 0.6) is 0 Å². The summed E-state index contributed by atoms with van der Waals surface area (Å²) in [7, 11) is -2.98. The third-order valence-corrected chi connectivity index (χ3v) is 5.20. The lowest BCUT2D eigenvalue weighted by atomic mass is 10.2. The van der Waals surface area contributed by atoms with Gasteiger partial charge in [0, 0.05) is 31.9 Å². The van der Waals surface area contributed by atoms with Crippen LogP contribution < -0.4 is 0 Å². The second-order valence-electron chi connectivity index (χ2n) is 4.89. The average molecular weight is 344 g/mol. The van der Waals surface area contributed by atoms with Crippen LogP contribution in [0.15, 0.2) is 53.6 Å². The van der Waals surface area contributed by atoms with E-state index in [1.54, 1.807) is 24.4 Å². The zero-order valence-corrected chi connectivity index (χ0v) is 13.1. The van der Waals surface area contributed by atoms with E-state index in [1.807, 2.05) is 0 Å². The molecule has 4 nitrogen and oxygen atoms in total. The first-order valence-electron chi connectivity index (χ1n) is 6.75. The van der Waals surface area contributed by atoms with Crippen molar-refractivity contribution in [2.75, 3.05) is 13.6 Å². The molecular formula is C15H15F3N2O2S. The lowest BCUT2D eigenvalue weighted by Gasteiger charge is -2.20. The SMILES string of the molecule is CN(CCc1ccccn1)S(=O)(=O)c1ccccc1C(F)(F)F. The number of rotatable bonds is 5. The van der Waals surface area contributed by atoms with Crippen molar-refractivity contribution in [3.05, 3.63) is 59.9 Å². The molecule has 1 aromatic heterocycles. The quantitative estimate of drug-likeness (QED) is 0.838. The molecule has 0 fully saturated rings. The van der Waals surface area contributed by atoms with Gasteiger partial charge in [-0.2, -0.15) is 13.2 Å². The lowest BCUT2D eigenvalue weighted by molar-refractivity contribution is -0.139. The summed E-state index contributed by atoms with van der Waals surface area (Å²) in [4.78, 5) is 3.32. The number of benzene rings is 1. The number of halogens is 3. The number of sulfonamides is 1. The van der Waals surface area contributed by atoms with Gasteiger partial charge in [0.15, 0.2) is 0 Å². The maximum atomic E-state index is 13.0. The Hall–Kier alpha value is -1.93. The molecule has 0 amide bonds. The summed E-state index contributed by atoms with van der Waals surface area (Å²) in [6.07, 6.45) is -2.85. The monoisotopic (exact) mass is 344 g/mol. The lowest BCUT2D eigenvalue weighted by Crippen LogP contribution is -2.30. The number of aromatic nitrogens is 1. The second-order valence-corrected chi connectivity index (χ2v) is 6.90. The highest BCUT2D eigenvalue weighted by Crippen LogP contribution is 2.34. The van der Waals surface area contributed by atoms with E-state index >= 15 is 0 Å². The molecule has 0 radical (unpaired) electrons. The fourth-order valence-electron chi connectivity index (χ4n) is 2.03. The Labute approximate surface area is 132 Å². The molecule has 0 atom stereocenters. The van der Waals surface area contributed by atoms with E-state index in [2.05, 4.69) is 4.98 Å². The average Bonchev–Trinajstić information content (AvgIpc) is 2.52. The predicted molar refractivity (Wildman–Crippen MR) is 79.2 cm³/mol. The summed E-state index contributed by atoms with van der Waals surface area (Å²) in [5, 5.41) is 0. The van der Waals surface area contributed by atoms with E-state index in [9.17, 15) is 21.6 Å². The Morgan fingerprint density at radius 2 is 1.74 bits per heavy atom. The van der Waals surface area contributed by atoms with E-state index in [4.69, 9.17) is 0 Å². The summed E-state index contributed by atoms with van der Waals surface area (Å²) < 4.78 is 64.8. The van der Waals surface area contributed by atoms with Gasteiger partial charge in [0.2, 0.25) is 10.0 Å². The largest absolute Gasteiger partial charge is 0.417 e. The van der Waals surface area contributed by atoms with Crippen molar-refractivity contribution in [1.82, 2.24) is 9.29 Å². The first-order chi connectivity index (χ1) is 10.7. The minimum absolute atomic E-state index is 0.0333. The first-order valence-corrected chi connectivity index (χ1v) is 8.19. The van der Waals surface area contributed by atoms with E-state index in [0.29, 0.717) is 12.1 Å². The highest BCUT2D eigenvalue weighted by molar-refractivity contribution is 7.89. The summed E-state index contributed by atoms with van der Waals surface area (Å²) in [6, 6.07) is 9.38. The molecule has 0 aliphatic carbocycles. The summed E-state index contributed by atoms with van der Waals surface area (Å²) >= 11 is 0. The summed E-state index contributed by atoms with van der Waals surface area (Å²) in [6.45, 7) is 0.0333. The van der Waals surface area contributed by atoms with Crippen LogP contribution in [0.4, 0.5) is 13.2 Å². The van der Waals surface area contributed by atoms with Gasteiger partial charge in [-0.05, 0) is 24.3 Å². The van der Waals surface area contributed by atoms with Crippen molar-refractivity contribution < 1.29 is 21.6 Å². The fourth-order valence-corrected chi connectivity index (χ4v) is 3.41. The molecule has 8 heteroatoms. The number of alkyl halides is 3. The maximum Gasteiger partial charge on any atom is 0.417 e. The molecule has 0 saturated carbocycles. The first kappa shape index (κ1) is 17.4. The number of hydrogen-bond acceptors (Lipinski definition) is 3. The van der Waals surface area contributed by atoms with Crippen LogP contribution in [0.2, 0.25) is 0 Å². The Morgan fingerprint density at radius 1 is 1.09 bits per heavy atom. The third kappa shape index (κ3) is 4.08. The van der Waals surface area contributed by atoms with Crippen molar-refractivity contribution in [3.8, 4) is 0 Å². The Bertz CT molecular complexity index is 762.